The van der Waals surface area contributed by atoms with Gasteiger partial charge in [-0.05, 0) is 37.5 Å². The Balaban J connectivity index is 1.81. The Hall–Kier alpha value is -0.530. The van der Waals surface area contributed by atoms with Crippen molar-refractivity contribution in [2.24, 2.45) is 17.8 Å². The number of amidine groups is 1. The maximum absolute atomic E-state index is 8.38. The molecule has 17 heavy (non-hydrogen) atoms. The smallest absolute Gasteiger partial charge is 0.0989 e. The lowest BCUT2D eigenvalue weighted by molar-refractivity contribution is 0.209. The summed E-state index contributed by atoms with van der Waals surface area (Å²) in [5.41, 5.74) is 0. The second-order valence-electron chi connectivity index (χ2n) is 6.29. The molecule has 0 spiro atoms. The molecule has 0 aromatic heterocycles. The Labute approximate surface area is 106 Å². The molecule has 1 saturated heterocycles. The van der Waals surface area contributed by atoms with Crippen molar-refractivity contribution in [2.45, 2.75) is 58.8 Å². The van der Waals surface area contributed by atoms with E-state index in [-0.39, 0.29) is 0 Å². The number of nitrogens with zero attached hydrogens (tertiary/aromatic N) is 1. The van der Waals surface area contributed by atoms with Gasteiger partial charge in [0.15, 0.2) is 0 Å². The van der Waals surface area contributed by atoms with Gasteiger partial charge in [-0.1, -0.05) is 33.1 Å². The van der Waals surface area contributed by atoms with E-state index in [1.54, 1.807) is 0 Å². The van der Waals surface area contributed by atoms with Crippen LogP contribution in [0.3, 0.4) is 0 Å². The Bertz CT molecular complexity index is 246. The molecule has 0 aromatic carbocycles. The molecular formula is C15H28N2. The number of hydrogen-bond acceptors (Lipinski definition) is 1. The molecule has 2 fully saturated rings. The zero-order valence-electron chi connectivity index (χ0n) is 11.5. The molecule has 1 aliphatic carbocycles. The van der Waals surface area contributed by atoms with E-state index in [0.717, 1.165) is 30.8 Å². The minimum atomic E-state index is 0.583. The predicted molar refractivity (Wildman–Crippen MR) is 73.4 cm³/mol. The van der Waals surface area contributed by atoms with Crippen LogP contribution in [0.4, 0.5) is 0 Å². The van der Waals surface area contributed by atoms with Crippen molar-refractivity contribution < 1.29 is 0 Å². The Morgan fingerprint density at radius 1 is 1.00 bits per heavy atom. The molecule has 1 heterocycles. The van der Waals surface area contributed by atoms with Crippen molar-refractivity contribution in [3.05, 3.63) is 0 Å². The van der Waals surface area contributed by atoms with Crippen LogP contribution < -0.4 is 0 Å². The van der Waals surface area contributed by atoms with Gasteiger partial charge in [0.05, 0.1) is 5.84 Å². The van der Waals surface area contributed by atoms with Crippen molar-refractivity contribution in [3.8, 4) is 0 Å². The zero-order valence-corrected chi connectivity index (χ0v) is 11.5. The fraction of sp³-hybridized carbons (Fsp3) is 0.933. The molecule has 0 amide bonds. The maximum Gasteiger partial charge on any atom is 0.0989 e. The lowest BCUT2D eigenvalue weighted by Gasteiger charge is -2.38. The summed E-state index contributed by atoms with van der Waals surface area (Å²) in [6.07, 6.45) is 9.20. The Kier molecular flexibility index (Phi) is 4.47. The van der Waals surface area contributed by atoms with Crippen molar-refractivity contribution in [2.75, 3.05) is 13.1 Å². The van der Waals surface area contributed by atoms with Crippen LogP contribution in [0.2, 0.25) is 0 Å². The summed E-state index contributed by atoms with van der Waals surface area (Å²) in [5, 5.41) is 8.38. The second kappa shape index (κ2) is 5.88. The van der Waals surface area contributed by atoms with Crippen LogP contribution in [0.1, 0.15) is 58.8 Å². The van der Waals surface area contributed by atoms with Gasteiger partial charge >= 0.3 is 0 Å². The van der Waals surface area contributed by atoms with E-state index in [0.29, 0.717) is 5.92 Å². The molecule has 0 aromatic rings. The Morgan fingerprint density at radius 2 is 1.59 bits per heavy atom. The largest absolute Gasteiger partial charge is 0.360 e. The van der Waals surface area contributed by atoms with Crippen LogP contribution in [0.15, 0.2) is 0 Å². The number of piperidine rings is 1. The number of rotatable bonds is 2. The standard InChI is InChI=1S/C15H28N2/c1-12(2)13-8-10-17(11-9-13)15(16)14-6-4-3-5-7-14/h12-14,16H,3-11H2,1-2H3. The molecule has 2 heteroatoms. The highest BCUT2D eigenvalue weighted by Gasteiger charge is 2.27. The van der Waals surface area contributed by atoms with E-state index in [9.17, 15) is 0 Å². The lowest BCUT2D eigenvalue weighted by Crippen LogP contribution is -2.42. The van der Waals surface area contributed by atoms with Gasteiger partial charge < -0.3 is 4.90 Å². The van der Waals surface area contributed by atoms with E-state index < -0.39 is 0 Å². The summed E-state index contributed by atoms with van der Waals surface area (Å²) in [4.78, 5) is 2.37. The van der Waals surface area contributed by atoms with Crippen LogP contribution in [0.25, 0.3) is 0 Å². The van der Waals surface area contributed by atoms with Crippen molar-refractivity contribution in [3.63, 3.8) is 0 Å². The van der Waals surface area contributed by atoms with Gasteiger partial charge in [-0.15, -0.1) is 0 Å². The first kappa shape index (κ1) is 12.9. The van der Waals surface area contributed by atoms with Crippen LogP contribution in [0, 0.1) is 23.2 Å². The topological polar surface area (TPSA) is 27.1 Å². The lowest BCUT2D eigenvalue weighted by atomic mass is 9.84. The summed E-state index contributed by atoms with van der Waals surface area (Å²) < 4.78 is 0. The quantitative estimate of drug-likeness (QED) is 0.571. The summed E-state index contributed by atoms with van der Waals surface area (Å²) in [6.45, 7) is 6.95. The van der Waals surface area contributed by atoms with E-state index in [4.69, 9.17) is 5.41 Å². The molecule has 2 nitrogen and oxygen atoms in total. The van der Waals surface area contributed by atoms with Crippen LogP contribution >= 0.6 is 0 Å². The average Bonchev–Trinajstić information content (AvgIpc) is 2.39. The monoisotopic (exact) mass is 236 g/mol. The van der Waals surface area contributed by atoms with Crippen LogP contribution in [0.5, 0.6) is 0 Å². The van der Waals surface area contributed by atoms with Gasteiger partial charge in [-0.3, -0.25) is 5.41 Å². The summed E-state index contributed by atoms with van der Waals surface area (Å²) in [7, 11) is 0. The van der Waals surface area contributed by atoms with Crippen molar-refractivity contribution in [1.29, 1.82) is 5.41 Å². The first-order chi connectivity index (χ1) is 8.18. The molecule has 0 bridgehead atoms. The molecule has 1 N–H and O–H groups in total. The number of likely N-dealkylation sites (tertiary alicyclic amines) is 1. The fourth-order valence-corrected chi connectivity index (χ4v) is 3.44. The van der Waals surface area contributed by atoms with Gasteiger partial charge in [-0.2, -0.15) is 0 Å². The minimum absolute atomic E-state index is 0.583. The summed E-state index contributed by atoms with van der Waals surface area (Å²) in [6, 6.07) is 0. The molecule has 1 aliphatic heterocycles. The van der Waals surface area contributed by atoms with Gasteiger partial charge in [-0.25, -0.2) is 0 Å². The molecule has 98 valence electrons. The predicted octanol–water partition coefficient (Wildman–Crippen LogP) is 3.91. The average molecular weight is 236 g/mol. The van der Waals surface area contributed by atoms with Crippen LogP contribution in [-0.2, 0) is 0 Å². The van der Waals surface area contributed by atoms with Crippen molar-refractivity contribution >= 4 is 5.84 Å². The Morgan fingerprint density at radius 3 is 2.12 bits per heavy atom. The van der Waals surface area contributed by atoms with Gasteiger partial charge in [0, 0.05) is 19.0 Å². The van der Waals surface area contributed by atoms with Gasteiger partial charge in [0.2, 0.25) is 0 Å². The summed E-state index contributed by atoms with van der Waals surface area (Å²) in [5.74, 6) is 3.26. The molecule has 0 atom stereocenters. The van der Waals surface area contributed by atoms with E-state index in [1.165, 1.54) is 44.9 Å². The van der Waals surface area contributed by atoms with Gasteiger partial charge in [0.1, 0.15) is 0 Å². The van der Waals surface area contributed by atoms with E-state index in [1.807, 2.05) is 0 Å². The molecular weight excluding hydrogens is 208 g/mol. The minimum Gasteiger partial charge on any atom is -0.360 e. The molecule has 0 unspecified atom stereocenters. The highest BCUT2D eigenvalue weighted by molar-refractivity contribution is 5.81. The van der Waals surface area contributed by atoms with Crippen LogP contribution in [-0.4, -0.2) is 23.8 Å². The molecule has 2 aliphatic rings. The molecule has 0 radical (unpaired) electrons. The van der Waals surface area contributed by atoms with E-state index in [2.05, 4.69) is 18.7 Å². The first-order valence-electron chi connectivity index (χ1n) is 7.52. The SMILES string of the molecule is CC(C)C1CCN(C(=N)C2CCCCC2)CC1. The third-order valence-electron chi connectivity index (χ3n) is 4.81. The van der Waals surface area contributed by atoms with Crippen molar-refractivity contribution in [1.82, 2.24) is 4.90 Å². The normalized spacial score (nSPS) is 24.3. The van der Waals surface area contributed by atoms with Gasteiger partial charge in [0.25, 0.3) is 0 Å². The highest BCUT2D eigenvalue weighted by Crippen LogP contribution is 2.29. The zero-order chi connectivity index (χ0) is 12.3. The third-order valence-corrected chi connectivity index (χ3v) is 4.81. The molecule has 2 rings (SSSR count). The number of hydrogen-bond donors (Lipinski definition) is 1. The first-order valence-corrected chi connectivity index (χ1v) is 7.52. The number of nitrogens with one attached hydrogen (secondary N) is 1. The maximum atomic E-state index is 8.38. The highest BCUT2D eigenvalue weighted by atomic mass is 15.2. The summed E-state index contributed by atoms with van der Waals surface area (Å²) >= 11 is 0. The fourth-order valence-electron chi connectivity index (χ4n) is 3.44. The van der Waals surface area contributed by atoms with E-state index >= 15 is 0 Å². The molecule has 1 saturated carbocycles. The third kappa shape index (κ3) is 3.23. The second-order valence-corrected chi connectivity index (χ2v) is 6.29.